The number of alkyl carbamates (subject to hydrolysis) is 1. The first-order valence-corrected chi connectivity index (χ1v) is 15.3. The second kappa shape index (κ2) is 14.0. The van der Waals surface area contributed by atoms with E-state index in [1.54, 1.807) is 12.1 Å². The van der Waals surface area contributed by atoms with Crippen LogP contribution in [0.3, 0.4) is 0 Å². The lowest BCUT2D eigenvalue weighted by Crippen LogP contribution is -2.52. The number of nitrogens with zero attached hydrogens (tertiary/aromatic N) is 1. The fourth-order valence-corrected chi connectivity index (χ4v) is 6.82. The average molecular weight is 593 g/mol. The van der Waals surface area contributed by atoms with Gasteiger partial charge in [-0.1, -0.05) is 44.2 Å². The number of hydrogen-bond donors (Lipinski definition) is 3. The highest BCUT2D eigenvalue weighted by molar-refractivity contribution is 7.89. The molecule has 3 N–H and O–H groups in total. The first-order chi connectivity index (χ1) is 19.6. The third-order valence-corrected chi connectivity index (χ3v) is 9.13. The van der Waals surface area contributed by atoms with E-state index in [0.29, 0.717) is 18.8 Å². The average Bonchev–Trinajstić information content (AvgIpc) is 3.34. The fraction of sp³-hybridized carbons (Fsp3) is 0.552. The third-order valence-electron chi connectivity index (χ3n) is 7.28. The predicted octanol–water partition coefficient (Wildman–Crippen LogP) is 2.16. The Labute approximate surface area is 241 Å². The van der Waals surface area contributed by atoms with Gasteiger partial charge in [0.1, 0.15) is 11.9 Å². The molecule has 0 aromatic heterocycles. The summed E-state index contributed by atoms with van der Waals surface area (Å²) in [6.07, 6.45) is -3.51. The van der Waals surface area contributed by atoms with Crippen LogP contribution in [0.2, 0.25) is 0 Å². The largest absolute Gasteiger partial charge is 0.497 e. The fourth-order valence-electron chi connectivity index (χ4n) is 5.19. The minimum absolute atomic E-state index is 0.0257. The summed E-state index contributed by atoms with van der Waals surface area (Å²) in [4.78, 5) is 13.2. The Morgan fingerprint density at radius 2 is 1.80 bits per heavy atom. The summed E-state index contributed by atoms with van der Waals surface area (Å²) >= 11 is 0. The SMILES string of the molecule is COc1ccc(S(=O)(=O)N(CC(C)C)C[C@@H](O)[C@H](Cc2ccccc2)NC(=O)O[C@H]2CCO[C@H]3OC[C@H](O)[C@H]32)cc1. The Balaban J connectivity index is 1.52. The highest BCUT2D eigenvalue weighted by Crippen LogP contribution is 2.33. The molecule has 0 unspecified atom stereocenters. The van der Waals surface area contributed by atoms with Crippen LogP contribution in [0.4, 0.5) is 4.79 Å². The molecule has 2 aromatic carbocycles. The lowest BCUT2D eigenvalue weighted by atomic mass is 9.93. The molecule has 0 spiro atoms. The molecule has 2 aliphatic heterocycles. The monoisotopic (exact) mass is 592 g/mol. The van der Waals surface area contributed by atoms with Gasteiger partial charge in [0.05, 0.1) is 49.4 Å². The summed E-state index contributed by atoms with van der Waals surface area (Å²) < 4.78 is 50.3. The lowest BCUT2D eigenvalue weighted by molar-refractivity contribution is -0.183. The van der Waals surface area contributed by atoms with E-state index in [0.717, 1.165) is 5.56 Å². The van der Waals surface area contributed by atoms with Crippen molar-refractivity contribution in [3.05, 3.63) is 60.2 Å². The van der Waals surface area contributed by atoms with Gasteiger partial charge in [0.15, 0.2) is 6.29 Å². The smallest absolute Gasteiger partial charge is 0.407 e. The van der Waals surface area contributed by atoms with Gasteiger partial charge >= 0.3 is 6.09 Å². The lowest BCUT2D eigenvalue weighted by Gasteiger charge is -2.34. The number of hydrogen-bond acceptors (Lipinski definition) is 9. The highest BCUT2D eigenvalue weighted by Gasteiger charge is 2.47. The number of rotatable bonds is 12. The molecule has 12 heteroatoms. The van der Waals surface area contributed by atoms with Crippen LogP contribution in [0.25, 0.3) is 0 Å². The number of amides is 1. The number of aliphatic hydroxyl groups is 2. The quantitative estimate of drug-likeness (QED) is 0.338. The number of sulfonamides is 1. The van der Waals surface area contributed by atoms with E-state index in [1.165, 1.54) is 23.5 Å². The summed E-state index contributed by atoms with van der Waals surface area (Å²) in [6.45, 7) is 4.11. The molecule has 0 aliphatic carbocycles. The van der Waals surface area contributed by atoms with Crippen molar-refractivity contribution >= 4 is 16.1 Å². The van der Waals surface area contributed by atoms with Crippen LogP contribution in [-0.2, 0) is 30.7 Å². The minimum Gasteiger partial charge on any atom is -0.497 e. The molecule has 41 heavy (non-hydrogen) atoms. The van der Waals surface area contributed by atoms with Crippen molar-refractivity contribution < 1.29 is 42.4 Å². The number of benzene rings is 2. The maximum absolute atomic E-state index is 13.6. The maximum Gasteiger partial charge on any atom is 0.407 e. The molecule has 226 valence electrons. The van der Waals surface area contributed by atoms with Crippen molar-refractivity contribution in [1.29, 1.82) is 0 Å². The Kier molecular flexibility index (Phi) is 10.6. The summed E-state index contributed by atoms with van der Waals surface area (Å²) in [5.41, 5.74) is 0.844. The Hall–Kier alpha value is -2.74. The van der Waals surface area contributed by atoms with Crippen molar-refractivity contribution in [2.24, 2.45) is 11.8 Å². The third kappa shape index (κ3) is 7.97. The summed E-state index contributed by atoms with van der Waals surface area (Å²) in [5.74, 6) is -0.0111. The Morgan fingerprint density at radius 3 is 2.46 bits per heavy atom. The van der Waals surface area contributed by atoms with Gasteiger partial charge in [-0.25, -0.2) is 13.2 Å². The molecular weight excluding hydrogens is 552 g/mol. The number of fused-ring (bicyclic) bond motifs is 1. The summed E-state index contributed by atoms with van der Waals surface area (Å²) in [6, 6.07) is 14.5. The van der Waals surface area contributed by atoms with E-state index in [1.807, 2.05) is 44.2 Å². The van der Waals surface area contributed by atoms with E-state index in [9.17, 15) is 23.4 Å². The molecule has 0 saturated carbocycles. The van der Waals surface area contributed by atoms with Crippen molar-refractivity contribution in [1.82, 2.24) is 9.62 Å². The van der Waals surface area contributed by atoms with Gasteiger partial charge in [-0.15, -0.1) is 0 Å². The number of methoxy groups -OCH3 is 1. The van der Waals surface area contributed by atoms with E-state index < -0.39 is 52.7 Å². The second-order valence-corrected chi connectivity index (χ2v) is 12.8. The molecule has 0 radical (unpaired) electrons. The van der Waals surface area contributed by atoms with Gasteiger partial charge in [-0.05, 0) is 42.2 Å². The molecular formula is C29H40N2O9S. The number of carbonyl (C=O) groups is 1. The van der Waals surface area contributed by atoms with E-state index in [2.05, 4.69) is 5.32 Å². The zero-order chi connectivity index (χ0) is 29.6. The van der Waals surface area contributed by atoms with Crippen molar-refractivity contribution in [3.8, 4) is 5.75 Å². The minimum atomic E-state index is -3.97. The zero-order valence-electron chi connectivity index (χ0n) is 23.6. The van der Waals surface area contributed by atoms with Crippen LogP contribution in [0.1, 0.15) is 25.8 Å². The van der Waals surface area contributed by atoms with Crippen LogP contribution < -0.4 is 10.1 Å². The summed E-state index contributed by atoms with van der Waals surface area (Å²) in [7, 11) is -2.47. The van der Waals surface area contributed by atoms with E-state index in [4.69, 9.17) is 18.9 Å². The molecule has 1 amide bonds. The summed E-state index contributed by atoms with van der Waals surface area (Å²) in [5, 5.41) is 24.5. The molecule has 4 rings (SSSR count). The molecule has 0 bridgehead atoms. The molecule has 2 heterocycles. The van der Waals surface area contributed by atoms with Gasteiger partial charge in [0.25, 0.3) is 0 Å². The standard InChI is InChI=1S/C29H40N2O9S/c1-19(2)16-31(41(35,36)22-11-9-21(37-3)10-12-22)17-24(32)23(15-20-7-5-4-6-8-20)30-29(34)40-26-13-14-38-28-27(26)25(33)18-39-28/h4-12,19,23-28,32-33H,13-18H2,1-3H3,(H,30,34)/t23-,24+,25-,26-,27-,28-/m0/s1. The van der Waals surface area contributed by atoms with Gasteiger partial charge in [-0.3, -0.25) is 0 Å². The number of carbonyl (C=O) groups excluding carboxylic acids is 1. The molecule has 2 saturated heterocycles. The van der Waals surface area contributed by atoms with Crippen molar-refractivity contribution in [2.45, 2.75) is 62.2 Å². The second-order valence-electron chi connectivity index (χ2n) is 10.8. The Bertz CT molecular complexity index is 1220. The first kappa shape index (κ1) is 31.2. The maximum atomic E-state index is 13.6. The number of ether oxygens (including phenoxy) is 4. The van der Waals surface area contributed by atoms with Crippen LogP contribution in [0, 0.1) is 11.8 Å². The van der Waals surface area contributed by atoms with E-state index in [-0.39, 0.29) is 36.9 Å². The van der Waals surface area contributed by atoms with Crippen molar-refractivity contribution in [2.75, 3.05) is 33.4 Å². The molecule has 2 aliphatic rings. The zero-order valence-corrected chi connectivity index (χ0v) is 24.4. The molecule has 6 atom stereocenters. The molecule has 11 nitrogen and oxygen atoms in total. The number of aliphatic hydroxyl groups excluding tert-OH is 2. The van der Waals surface area contributed by atoms with Gasteiger partial charge in [-0.2, -0.15) is 4.31 Å². The van der Waals surface area contributed by atoms with Gasteiger partial charge < -0.3 is 34.5 Å². The Morgan fingerprint density at radius 1 is 1.10 bits per heavy atom. The topological polar surface area (TPSA) is 144 Å². The first-order valence-electron chi connectivity index (χ1n) is 13.8. The molecule has 2 fully saturated rings. The van der Waals surface area contributed by atoms with Gasteiger partial charge in [0, 0.05) is 19.5 Å². The van der Waals surface area contributed by atoms with E-state index >= 15 is 0 Å². The highest BCUT2D eigenvalue weighted by atomic mass is 32.2. The van der Waals surface area contributed by atoms with Crippen molar-refractivity contribution in [3.63, 3.8) is 0 Å². The van der Waals surface area contributed by atoms with Crippen LogP contribution in [0.5, 0.6) is 5.75 Å². The predicted molar refractivity (Wildman–Crippen MR) is 150 cm³/mol. The normalized spacial score (nSPS) is 24.1. The van der Waals surface area contributed by atoms with Crippen LogP contribution in [-0.4, -0.2) is 93.1 Å². The van der Waals surface area contributed by atoms with Gasteiger partial charge in [0.2, 0.25) is 10.0 Å². The molecule has 2 aromatic rings. The number of nitrogens with one attached hydrogen (secondary N) is 1. The van der Waals surface area contributed by atoms with Crippen LogP contribution >= 0.6 is 0 Å². The van der Waals surface area contributed by atoms with Crippen LogP contribution in [0.15, 0.2) is 59.5 Å².